The molecule has 28 heavy (non-hydrogen) atoms. The van der Waals surface area contributed by atoms with Crippen LogP contribution in [0.15, 0.2) is 53.4 Å². The second-order valence-corrected chi connectivity index (χ2v) is 8.06. The number of hydrogen-bond acceptors (Lipinski definition) is 4. The van der Waals surface area contributed by atoms with Crippen molar-refractivity contribution < 1.29 is 31.2 Å². The van der Waals surface area contributed by atoms with E-state index in [1.807, 2.05) is 0 Å². The number of sulfone groups is 1. The van der Waals surface area contributed by atoms with Gasteiger partial charge in [-0.25, -0.2) is 8.42 Å². The predicted octanol–water partition coefficient (Wildman–Crippen LogP) is 3.36. The predicted molar refractivity (Wildman–Crippen MR) is 95.7 cm³/mol. The Morgan fingerprint density at radius 3 is 2.11 bits per heavy atom. The summed E-state index contributed by atoms with van der Waals surface area (Å²) in [5, 5.41) is 2.56. The van der Waals surface area contributed by atoms with Gasteiger partial charge in [0, 0.05) is 29.9 Å². The van der Waals surface area contributed by atoms with E-state index in [9.17, 15) is 31.2 Å². The summed E-state index contributed by atoms with van der Waals surface area (Å²) in [7, 11) is -5.46. The van der Waals surface area contributed by atoms with Crippen molar-refractivity contribution in [1.82, 2.24) is 0 Å². The molecule has 0 radical (unpaired) electrons. The van der Waals surface area contributed by atoms with Crippen LogP contribution in [0.2, 0.25) is 0 Å². The number of rotatable bonds is 4. The number of alkyl halides is 3. The second kappa shape index (κ2) is 7.27. The van der Waals surface area contributed by atoms with E-state index in [0.717, 1.165) is 30.7 Å². The minimum Gasteiger partial charge on any atom is -0.322 e. The third-order valence-corrected chi connectivity index (χ3v) is 5.74. The van der Waals surface area contributed by atoms with Crippen LogP contribution in [-0.4, -0.2) is 32.3 Å². The maximum absolute atomic E-state index is 12.5. The standard InChI is InChI=1S/C18H15F3N2O4S/c19-18(20,21)28(26,27)15-9-3-12(4-10-15)17(25)22-13-5-7-14(8-6-13)23-11-1-2-16(23)24/h3-10H,1-2,11H2,(H,22,25). The molecule has 1 heterocycles. The summed E-state index contributed by atoms with van der Waals surface area (Å²) in [6, 6.07) is 10.0. The number of halogens is 3. The molecule has 1 N–H and O–H groups in total. The Morgan fingerprint density at radius 1 is 1.00 bits per heavy atom. The molecule has 0 aliphatic carbocycles. The van der Waals surface area contributed by atoms with Gasteiger partial charge in [0.15, 0.2) is 0 Å². The summed E-state index contributed by atoms with van der Waals surface area (Å²) in [5.74, 6) is -0.577. The van der Waals surface area contributed by atoms with Crippen molar-refractivity contribution in [3.8, 4) is 0 Å². The molecular weight excluding hydrogens is 397 g/mol. The lowest BCUT2D eigenvalue weighted by molar-refractivity contribution is -0.117. The Balaban J connectivity index is 1.70. The molecule has 0 aromatic heterocycles. The lowest BCUT2D eigenvalue weighted by Crippen LogP contribution is -2.23. The van der Waals surface area contributed by atoms with Crippen LogP contribution in [0.1, 0.15) is 23.2 Å². The molecule has 148 valence electrons. The van der Waals surface area contributed by atoms with Gasteiger partial charge < -0.3 is 10.2 Å². The van der Waals surface area contributed by atoms with Crippen molar-refractivity contribution >= 4 is 33.0 Å². The third kappa shape index (κ3) is 3.86. The number of amides is 2. The highest BCUT2D eigenvalue weighted by molar-refractivity contribution is 7.92. The summed E-state index contributed by atoms with van der Waals surface area (Å²) in [6.07, 6.45) is 1.29. The van der Waals surface area contributed by atoms with Gasteiger partial charge in [0.2, 0.25) is 5.91 Å². The quantitative estimate of drug-likeness (QED) is 0.835. The largest absolute Gasteiger partial charge is 0.501 e. The normalized spacial score (nSPS) is 15.0. The number of hydrogen-bond donors (Lipinski definition) is 1. The molecule has 3 rings (SSSR count). The van der Waals surface area contributed by atoms with E-state index in [-0.39, 0.29) is 11.5 Å². The number of anilines is 2. The van der Waals surface area contributed by atoms with E-state index in [1.165, 1.54) is 0 Å². The maximum Gasteiger partial charge on any atom is 0.501 e. The zero-order chi connectivity index (χ0) is 20.5. The first-order valence-electron chi connectivity index (χ1n) is 8.23. The second-order valence-electron chi connectivity index (χ2n) is 6.12. The van der Waals surface area contributed by atoms with Crippen molar-refractivity contribution in [3.05, 3.63) is 54.1 Å². The molecule has 0 bridgehead atoms. The summed E-state index contributed by atoms with van der Waals surface area (Å²) in [6.45, 7) is 0.637. The highest BCUT2D eigenvalue weighted by Gasteiger charge is 2.46. The molecule has 0 unspecified atom stereocenters. The summed E-state index contributed by atoms with van der Waals surface area (Å²) >= 11 is 0. The molecule has 2 amide bonds. The summed E-state index contributed by atoms with van der Waals surface area (Å²) in [5.41, 5.74) is -4.27. The van der Waals surface area contributed by atoms with Crippen LogP contribution in [0.5, 0.6) is 0 Å². The highest BCUT2D eigenvalue weighted by Crippen LogP contribution is 2.30. The minimum atomic E-state index is -5.46. The fourth-order valence-corrected chi connectivity index (χ4v) is 3.53. The van der Waals surface area contributed by atoms with Gasteiger partial charge in [-0.3, -0.25) is 9.59 Å². The van der Waals surface area contributed by atoms with Crippen LogP contribution in [0.4, 0.5) is 24.5 Å². The minimum absolute atomic E-state index is 0.0000725. The lowest BCUT2D eigenvalue weighted by Gasteiger charge is -2.16. The molecule has 1 aliphatic rings. The fourth-order valence-electron chi connectivity index (χ4n) is 2.77. The Bertz CT molecular complexity index is 1000. The molecule has 0 atom stereocenters. The fraction of sp³-hybridized carbons (Fsp3) is 0.222. The van der Waals surface area contributed by atoms with Crippen LogP contribution in [0, 0.1) is 0 Å². The van der Waals surface area contributed by atoms with Crippen molar-refractivity contribution in [2.45, 2.75) is 23.2 Å². The van der Waals surface area contributed by atoms with E-state index in [0.29, 0.717) is 24.3 Å². The average molecular weight is 412 g/mol. The molecule has 10 heteroatoms. The van der Waals surface area contributed by atoms with Gasteiger partial charge in [-0.15, -0.1) is 0 Å². The molecule has 1 aliphatic heterocycles. The number of nitrogens with one attached hydrogen (secondary N) is 1. The molecule has 0 saturated carbocycles. The van der Waals surface area contributed by atoms with Gasteiger partial charge in [0.1, 0.15) is 0 Å². The first-order valence-corrected chi connectivity index (χ1v) is 9.71. The third-order valence-electron chi connectivity index (χ3n) is 4.24. The molecule has 1 fully saturated rings. The number of nitrogens with zero attached hydrogens (tertiary/aromatic N) is 1. The maximum atomic E-state index is 12.5. The van der Waals surface area contributed by atoms with E-state index in [1.54, 1.807) is 29.2 Å². The van der Waals surface area contributed by atoms with E-state index < -0.39 is 26.1 Å². The van der Waals surface area contributed by atoms with E-state index in [2.05, 4.69) is 5.32 Å². The van der Waals surface area contributed by atoms with Crippen LogP contribution in [0.3, 0.4) is 0 Å². The molecule has 1 saturated heterocycles. The van der Waals surface area contributed by atoms with Crippen molar-refractivity contribution in [1.29, 1.82) is 0 Å². The monoisotopic (exact) mass is 412 g/mol. The van der Waals surface area contributed by atoms with Crippen molar-refractivity contribution in [2.75, 3.05) is 16.8 Å². The zero-order valence-electron chi connectivity index (χ0n) is 14.4. The number of benzene rings is 2. The summed E-state index contributed by atoms with van der Waals surface area (Å²) < 4.78 is 60.3. The average Bonchev–Trinajstić information content (AvgIpc) is 3.07. The Kier molecular flexibility index (Phi) is 5.16. The van der Waals surface area contributed by atoms with Crippen LogP contribution < -0.4 is 10.2 Å². The smallest absolute Gasteiger partial charge is 0.322 e. The highest BCUT2D eigenvalue weighted by atomic mass is 32.2. The zero-order valence-corrected chi connectivity index (χ0v) is 15.2. The molecule has 2 aromatic carbocycles. The van der Waals surface area contributed by atoms with Gasteiger partial charge >= 0.3 is 5.51 Å². The Morgan fingerprint density at radius 2 is 1.61 bits per heavy atom. The molecule has 0 spiro atoms. The molecular formula is C18H15F3N2O4S. The van der Waals surface area contributed by atoms with E-state index in [4.69, 9.17) is 0 Å². The van der Waals surface area contributed by atoms with E-state index >= 15 is 0 Å². The van der Waals surface area contributed by atoms with Gasteiger partial charge in [0.05, 0.1) is 4.90 Å². The van der Waals surface area contributed by atoms with Crippen LogP contribution >= 0.6 is 0 Å². The first kappa shape index (κ1) is 19.9. The van der Waals surface area contributed by atoms with Gasteiger partial charge in [0.25, 0.3) is 15.7 Å². The number of carbonyl (C=O) groups excluding carboxylic acids is 2. The van der Waals surface area contributed by atoms with Gasteiger partial charge in [-0.2, -0.15) is 13.2 Å². The molecule has 2 aromatic rings. The van der Waals surface area contributed by atoms with Crippen molar-refractivity contribution in [3.63, 3.8) is 0 Å². The first-order chi connectivity index (χ1) is 13.1. The van der Waals surface area contributed by atoms with Gasteiger partial charge in [-0.1, -0.05) is 0 Å². The van der Waals surface area contributed by atoms with Gasteiger partial charge in [-0.05, 0) is 55.0 Å². The SMILES string of the molecule is O=C(Nc1ccc(N2CCCC2=O)cc1)c1ccc(S(=O)(=O)C(F)(F)F)cc1. The molecule has 6 nitrogen and oxygen atoms in total. The Labute approximate surface area is 158 Å². The van der Waals surface area contributed by atoms with Crippen molar-refractivity contribution in [2.24, 2.45) is 0 Å². The lowest BCUT2D eigenvalue weighted by atomic mass is 10.2. The number of carbonyl (C=O) groups is 2. The van der Waals surface area contributed by atoms with Crippen LogP contribution in [0.25, 0.3) is 0 Å². The Hall–Kier alpha value is -2.88. The van der Waals surface area contributed by atoms with Crippen LogP contribution in [-0.2, 0) is 14.6 Å². The summed E-state index contributed by atoms with van der Waals surface area (Å²) in [4.78, 5) is 24.7. The topological polar surface area (TPSA) is 83.6 Å².